The van der Waals surface area contributed by atoms with Gasteiger partial charge in [-0.1, -0.05) is 6.92 Å². The van der Waals surface area contributed by atoms with Crippen LogP contribution in [0.1, 0.15) is 33.6 Å². The average Bonchev–Trinajstić information content (AvgIpc) is 2.11. The van der Waals surface area contributed by atoms with Crippen molar-refractivity contribution in [2.45, 2.75) is 39.3 Å². The van der Waals surface area contributed by atoms with Gasteiger partial charge in [-0.05, 0) is 32.6 Å². The molecule has 3 heteroatoms. The Hall–Kier alpha value is -0.120. The summed E-state index contributed by atoms with van der Waals surface area (Å²) in [6, 6.07) is 0. The molecule has 0 amide bonds. The van der Waals surface area contributed by atoms with Crippen molar-refractivity contribution in [3.63, 3.8) is 0 Å². The van der Waals surface area contributed by atoms with Gasteiger partial charge in [-0.25, -0.2) is 0 Å². The number of rotatable bonds is 1. The molecule has 0 radical (unpaired) electrons. The summed E-state index contributed by atoms with van der Waals surface area (Å²) < 4.78 is 0. The number of hydrogen-bond donors (Lipinski definition) is 1. The zero-order valence-corrected chi connectivity index (χ0v) is 8.21. The van der Waals surface area contributed by atoms with Gasteiger partial charge < -0.3 is 5.11 Å². The van der Waals surface area contributed by atoms with Crippen LogP contribution in [0.25, 0.3) is 0 Å². The maximum atomic E-state index is 9.65. The van der Waals surface area contributed by atoms with E-state index in [0.717, 1.165) is 26.0 Å². The Morgan fingerprint density at radius 3 is 2.67 bits per heavy atom. The van der Waals surface area contributed by atoms with Gasteiger partial charge in [0.15, 0.2) is 0 Å². The molecule has 1 saturated heterocycles. The van der Waals surface area contributed by atoms with Crippen molar-refractivity contribution in [1.29, 1.82) is 0 Å². The fourth-order valence-electron chi connectivity index (χ4n) is 1.34. The Labute approximate surface area is 74.3 Å². The number of aliphatic hydroxyl groups is 1. The van der Waals surface area contributed by atoms with E-state index in [1.807, 2.05) is 0 Å². The third-order valence-corrected chi connectivity index (χ3v) is 2.29. The lowest BCUT2D eigenvalue weighted by Crippen LogP contribution is -2.43. The monoisotopic (exact) mass is 173 g/mol. The van der Waals surface area contributed by atoms with E-state index in [1.165, 1.54) is 0 Å². The van der Waals surface area contributed by atoms with Gasteiger partial charge in [0.25, 0.3) is 0 Å². The second kappa shape index (κ2) is 3.73. The topological polar surface area (TPSA) is 32.7 Å². The molecule has 1 N–H and O–H groups in total. The highest BCUT2D eigenvalue weighted by atomic mass is 16.7. The largest absolute Gasteiger partial charge is 0.374 e. The van der Waals surface area contributed by atoms with Crippen LogP contribution in [0.15, 0.2) is 0 Å². The third kappa shape index (κ3) is 2.73. The first-order chi connectivity index (χ1) is 5.50. The maximum Gasteiger partial charge on any atom is 0.135 e. The van der Waals surface area contributed by atoms with E-state index in [2.05, 4.69) is 6.92 Å². The normalized spacial score (nSPS) is 28.5. The lowest BCUT2D eigenvalue weighted by Gasteiger charge is -2.31. The van der Waals surface area contributed by atoms with Crippen LogP contribution in [0, 0.1) is 5.92 Å². The standard InChI is InChI=1S/C9H19NO2/c1-8-4-6-10(9(2,3)11)12-7-5-8/h8,11H,4-7H2,1-3H3. The first-order valence-corrected chi connectivity index (χ1v) is 4.63. The Morgan fingerprint density at radius 2 is 2.08 bits per heavy atom. The molecule has 1 aliphatic rings. The number of nitrogens with zero attached hydrogens (tertiary/aromatic N) is 1. The van der Waals surface area contributed by atoms with Gasteiger partial charge in [0.05, 0.1) is 6.61 Å². The van der Waals surface area contributed by atoms with Crippen LogP contribution in [0.4, 0.5) is 0 Å². The van der Waals surface area contributed by atoms with Gasteiger partial charge in [-0.3, -0.25) is 4.84 Å². The van der Waals surface area contributed by atoms with Gasteiger partial charge >= 0.3 is 0 Å². The van der Waals surface area contributed by atoms with Crippen molar-refractivity contribution in [3.8, 4) is 0 Å². The molecule has 1 atom stereocenters. The van der Waals surface area contributed by atoms with E-state index in [9.17, 15) is 5.11 Å². The van der Waals surface area contributed by atoms with Crippen LogP contribution in [0.5, 0.6) is 0 Å². The Morgan fingerprint density at radius 1 is 1.42 bits per heavy atom. The van der Waals surface area contributed by atoms with Crippen LogP contribution in [-0.4, -0.2) is 29.0 Å². The molecule has 1 heterocycles. The highest BCUT2D eigenvalue weighted by Gasteiger charge is 2.26. The fourth-order valence-corrected chi connectivity index (χ4v) is 1.34. The SMILES string of the molecule is CC1CCON(C(C)(C)O)CC1. The molecule has 1 rings (SSSR count). The molecule has 0 spiro atoms. The minimum absolute atomic E-state index is 0.706. The van der Waals surface area contributed by atoms with E-state index >= 15 is 0 Å². The predicted molar refractivity (Wildman–Crippen MR) is 47.4 cm³/mol. The van der Waals surface area contributed by atoms with Crippen LogP contribution in [-0.2, 0) is 4.84 Å². The van der Waals surface area contributed by atoms with E-state index in [0.29, 0.717) is 5.92 Å². The molecule has 0 aromatic heterocycles. The predicted octanol–water partition coefficient (Wildman–Crippen LogP) is 1.38. The zero-order chi connectivity index (χ0) is 9.19. The molecule has 1 fully saturated rings. The first kappa shape index (κ1) is 9.96. The zero-order valence-electron chi connectivity index (χ0n) is 8.21. The van der Waals surface area contributed by atoms with Crippen molar-refractivity contribution in [3.05, 3.63) is 0 Å². The van der Waals surface area contributed by atoms with E-state index in [4.69, 9.17) is 4.84 Å². The molecule has 3 nitrogen and oxygen atoms in total. The van der Waals surface area contributed by atoms with Crippen LogP contribution >= 0.6 is 0 Å². The summed E-state index contributed by atoms with van der Waals surface area (Å²) in [6.45, 7) is 7.28. The number of hydrogen-bond acceptors (Lipinski definition) is 3. The van der Waals surface area contributed by atoms with Crippen LogP contribution in [0.2, 0.25) is 0 Å². The van der Waals surface area contributed by atoms with Crippen molar-refractivity contribution in [2.75, 3.05) is 13.2 Å². The summed E-state index contributed by atoms with van der Waals surface area (Å²) in [5.74, 6) is 0.706. The van der Waals surface area contributed by atoms with E-state index < -0.39 is 5.72 Å². The summed E-state index contributed by atoms with van der Waals surface area (Å²) in [6.07, 6.45) is 2.19. The minimum Gasteiger partial charge on any atom is -0.374 e. The molecular weight excluding hydrogens is 154 g/mol. The highest BCUT2D eigenvalue weighted by Crippen LogP contribution is 2.19. The summed E-state index contributed by atoms with van der Waals surface area (Å²) in [5.41, 5.74) is -0.843. The quantitative estimate of drug-likeness (QED) is 0.650. The molecule has 0 aliphatic carbocycles. The fraction of sp³-hybridized carbons (Fsp3) is 1.00. The van der Waals surface area contributed by atoms with Gasteiger partial charge in [0.1, 0.15) is 5.72 Å². The van der Waals surface area contributed by atoms with Crippen molar-refractivity contribution in [1.82, 2.24) is 5.06 Å². The van der Waals surface area contributed by atoms with Crippen molar-refractivity contribution < 1.29 is 9.94 Å². The average molecular weight is 173 g/mol. The van der Waals surface area contributed by atoms with Gasteiger partial charge in [0, 0.05) is 6.54 Å². The molecule has 12 heavy (non-hydrogen) atoms. The second-order valence-corrected chi connectivity index (χ2v) is 4.11. The van der Waals surface area contributed by atoms with Gasteiger partial charge in [0.2, 0.25) is 0 Å². The first-order valence-electron chi connectivity index (χ1n) is 4.63. The third-order valence-electron chi connectivity index (χ3n) is 2.29. The molecule has 0 saturated carbocycles. The van der Waals surface area contributed by atoms with Crippen molar-refractivity contribution in [2.24, 2.45) is 5.92 Å². The summed E-state index contributed by atoms with van der Waals surface area (Å²) in [7, 11) is 0. The number of hydroxylamine groups is 2. The molecule has 1 unspecified atom stereocenters. The summed E-state index contributed by atoms with van der Waals surface area (Å²) >= 11 is 0. The molecule has 0 aromatic rings. The maximum absolute atomic E-state index is 9.65. The summed E-state index contributed by atoms with van der Waals surface area (Å²) in [5, 5.41) is 11.3. The van der Waals surface area contributed by atoms with E-state index in [-0.39, 0.29) is 0 Å². The highest BCUT2D eigenvalue weighted by molar-refractivity contribution is 4.66. The molecule has 0 bridgehead atoms. The molecular formula is C9H19NO2. The van der Waals surface area contributed by atoms with Crippen LogP contribution in [0.3, 0.4) is 0 Å². The molecule has 72 valence electrons. The molecule has 1 aliphatic heterocycles. The van der Waals surface area contributed by atoms with Crippen molar-refractivity contribution >= 4 is 0 Å². The van der Waals surface area contributed by atoms with Crippen LogP contribution < -0.4 is 0 Å². The second-order valence-electron chi connectivity index (χ2n) is 4.11. The Balaban J connectivity index is 2.46. The Bertz CT molecular complexity index is 142. The lowest BCUT2D eigenvalue weighted by molar-refractivity contribution is -0.275. The van der Waals surface area contributed by atoms with Gasteiger partial charge in [-0.2, -0.15) is 5.06 Å². The lowest BCUT2D eigenvalue weighted by atomic mass is 10.1. The van der Waals surface area contributed by atoms with E-state index in [1.54, 1.807) is 18.9 Å². The smallest absolute Gasteiger partial charge is 0.135 e. The minimum atomic E-state index is -0.843. The molecule has 0 aromatic carbocycles. The van der Waals surface area contributed by atoms with Gasteiger partial charge in [-0.15, -0.1) is 0 Å². The Kier molecular flexibility index (Phi) is 3.09. The summed E-state index contributed by atoms with van der Waals surface area (Å²) in [4.78, 5) is 5.42.